The van der Waals surface area contributed by atoms with Crippen LogP contribution in [0.15, 0.2) is 24.3 Å². The fourth-order valence-electron chi connectivity index (χ4n) is 3.16. The van der Waals surface area contributed by atoms with Gasteiger partial charge in [0.05, 0.1) is 0 Å². The predicted molar refractivity (Wildman–Crippen MR) is 77.4 cm³/mol. The second-order valence-corrected chi connectivity index (χ2v) is 6.09. The number of nitrogens with one attached hydrogen (secondary N) is 1. The van der Waals surface area contributed by atoms with Crippen molar-refractivity contribution in [3.63, 3.8) is 0 Å². The van der Waals surface area contributed by atoms with Gasteiger partial charge < -0.3 is 5.32 Å². The van der Waals surface area contributed by atoms with Crippen LogP contribution in [0.4, 0.5) is 0 Å². The van der Waals surface area contributed by atoms with Crippen molar-refractivity contribution >= 4 is 5.78 Å². The number of carbonyl (C=O) groups is 1. The minimum absolute atomic E-state index is 0.235. The number of piperidine rings is 1. The Morgan fingerprint density at radius 3 is 2.32 bits per heavy atom. The zero-order chi connectivity index (χ0) is 13.1. The lowest BCUT2D eigenvalue weighted by atomic mass is 9.80. The van der Waals surface area contributed by atoms with Crippen molar-refractivity contribution in [3.8, 4) is 0 Å². The van der Waals surface area contributed by atoms with Crippen LogP contribution in [0.3, 0.4) is 0 Å². The van der Waals surface area contributed by atoms with Crippen molar-refractivity contribution in [1.29, 1.82) is 0 Å². The summed E-state index contributed by atoms with van der Waals surface area (Å²) in [6, 6.07) is 8.40. The highest BCUT2D eigenvalue weighted by Crippen LogP contribution is 2.30. The largest absolute Gasteiger partial charge is 0.317 e. The van der Waals surface area contributed by atoms with E-state index in [1.165, 1.54) is 31.2 Å². The molecule has 1 saturated heterocycles. The molecule has 19 heavy (non-hydrogen) atoms. The van der Waals surface area contributed by atoms with Crippen molar-refractivity contribution in [3.05, 3.63) is 35.4 Å². The van der Waals surface area contributed by atoms with Crippen molar-refractivity contribution in [2.24, 2.45) is 11.8 Å². The van der Waals surface area contributed by atoms with Crippen LogP contribution in [-0.4, -0.2) is 18.9 Å². The molecule has 1 aromatic carbocycles. The Balaban J connectivity index is 1.62. The number of benzene rings is 1. The van der Waals surface area contributed by atoms with Crippen LogP contribution in [-0.2, 0) is 6.42 Å². The molecule has 0 spiro atoms. The molecule has 0 bridgehead atoms. The number of hydrogen-bond donors (Lipinski definition) is 1. The summed E-state index contributed by atoms with van der Waals surface area (Å²) in [6.07, 6.45) is 7.34. The van der Waals surface area contributed by atoms with Crippen molar-refractivity contribution < 1.29 is 4.79 Å². The Kier molecular flexibility index (Phi) is 3.97. The maximum absolute atomic E-state index is 12.4. The molecule has 1 aliphatic carbocycles. The third-order valence-corrected chi connectivity index (χ3v) is 4.70. The molecule has 0 atom stereocenters. The molecular formula is C17H23NO. The second-order valence-electron chi connectivity index (χ2n) is 6.09. The average molecular weight is 257 g/mol. The summed E-state index contributed by atoms with van der Waals surface area (Å²) in [7, 11) is 0. The molecule has 1 aromatic rings. The molecule has 1 aliphatic heterocycles. The van der Waals surface area contributed by atoms with E-state index in [1.54, 1.807) is 0 Å². The first-order valence-electron chi connectivity index (χ1n) is 7.67. The van der Waals surface area contributed by atoms with Crippen LogP contribution >= 0.6 is 0 Å². The number of ketones is 1. The van der Waals surface area contributed by atoms with E-state index >= 15 is 0 Å². The molecule has 2 nitrogen and oxygen atoms in total. The lowest BCUT2D eigenvalue weighted by Crippen LogP contribution is -2.31. The summed E-state index contributed by atoms with van der Waals surface area (Å²) in [6.45, 7) is 1.96. The zero-order valence-electron chi connectivity index (χ0n) is 11.5. The van der Waals surface area contributed by atoms with Crippen LogP contribution < -0.4 is 5.32 Å². The molecule has 2 heteroatoms. The molecule has 0 aromatic heterocycles. The van der Waals surface area contributed by atoms with Gasteiger partial charge in [-0.05, 0) is 43.8 Å². The first-order chi connectivity index (χ1) is 9.33. The zero-order valence-corrected chi connectivity index (χ0v) is 11.5. The highest BCUT2D eigenvalue weighted by atomic mass is 16.1. The normalized spacial score (nSPS) is 21.1. The van der Waals surface area contributed by atoms with Gasteiger partial charge in [0.1, 0.15) is 0 Å². The summed E-state index contributed by atoms with van der Waals surface area (Å²) in [5.41, 5.74) is 2.30. The first kappa shape index (κ1) is 12.9. The molecule has 0 radical (unpaired) electrons. The molecule has 0 amide bonds. The van der Waals surface area contributed by atoms with Gasteiger partial charge in [-0.15, -0.1) is 0 Å². The standard InChI is InChI=1S/C17H23NO/c19-17(16-8-10-18-11-9-16)15-6-4-14(5-7-15)12-13-2-1-3-13/h4-7,13,16,18H,1-3,8-12H2. The van der Waals surface area contributed by atoms with E-state index in [2.05, 4.69) is 17.4 Å². The Morgan fingerprint density at radius 2 is 1.74 bits per heavy atom. The van der Waals surface area contributed by atoms with Gasteiger partial charge in [0.15, 0.2) is 5.78 Å². The highest BCUT2D eigenvalue weighted by molar-refractivity contribution is 5.97. The second kappa shape index (κ2) is 5.87. The van der Waals surface area contributed by atoms with Gasteiger partial charge in [-0.1, -0.05) is 43.5 Å². The van der Waals surface area contributed by atoms with Gasteiger partial charge in [-0.3, -0.25) is 4.79 Å². The molecule has 1 heterocycles. The van der Waals surface area contributed by atoms with Crippen molar-refractivity contribution in [2.45, 2.75) is 38.5 Å². The number of rotatable bonds is 4. The van der Waals surface area contributed by atoms with Crippen LogP contribution in [0, 0.1) is 11.8 Å². The van der Waals surface area contributed by atoms with E-state index in [0.29, 0.717) is 5.78 Å². The maximum atomic E-state index is 12.4. The fourth-order valence-corrected chi connectivity index (χ4v) is 3.16. The third kappa shape index (κ3) is 3.06. The first-order valence-corrected chi connectivity index (χ1v) is 7.67. The van der Waals surface area contributed by atoms with Gasteiger partial charge in [0.25, 0.3) is 0 Å². The quantitative estimate of drug-likeness (QED) is 0.839. The summed E-state index contributed by atoms with van der Waals surface area (Å²) < 4.78 is 0. The predicted octanol–water partition coefficient (Wildman–Crippen LogP) is 3.21. The van der Waals surface area contributed by atoms with E-state index in [-0.39, 0.29) is 5.92 Å². The van der Waals surface area contributed by atoms with E-state index in [9.17, 15) is 4.79 Å². The van der Waals surface area contributed by atoms with E-state index < -0.39 is 0 Å². The summed E-state index contributed by atoms with van der Waals surface area (Å²) >= 11 is 0. The summed E-state index contributed by atoms with van der Waals surface area (Å²) in [5, 5.41) is 3.31. The van der Waals surface area contributed by atoms with Crippen molar-refractivity contribution in [2.75, 3.05) is 13.1 Å². The van der Waals surface area contributed by atoms with E-state index in [1.807, 2.05) is 12.1 Å². The Morgan fingerprint density at radius 1 is 1.05 bits per heavy atom. The minimum Gasteiger partial charge on any atom is -0.317 e. The van der Waals surface area contributed by atoms with Crippen LogP contribution in [0.1, 0.15) is 48.0 Å². The molecule has 102 valence electrons. The molecule has 2 fully saturated rings. The number of Topliss-reactive ketones (excluding diaryl/α,β-unsaturated/α-hetero) is 1. The molecular weight excluding hydrogens is 234 g/mol. The lowest BCUT2D eigenvalue weighted by molar-refractivity contribution is 0.0895. The molecule has 3 rings (SSSR count). The number of hydrogen-bond acceptors (Lipinski definition) is 2. The minimum atomic E-state index is 0.235. The van der Waals surface area contributed by atoms with Gasteiger partial charge in [-0.2, -0.15) is 0 Å². The fraction of sp³-hybridized carbons (Fsp3) is 0.588. The van der Waals surface area contributed by atoms with Gasteiger partial charge in [0, 0.05) is 11.5 Å². The van der Waals surface area contributed by atoms with Crippen LogP contribution in [0.25, 0.3) is 0 Å². The summed E-state index contributed by atoms with van der Waals surface area (Å²) in [5.74, 6) is 1.47. The summed E-state index contributed by atoms with van der Waals surface area (Å²) in [4.78, 5) is 12.4. The Bertz CT molecular complexity index is 427. The van der Waals surface area contributed by atoms with Crippen LogP contribution in [0.2, 0.25) is 0 Å². The van der Waals surface area contributed by atoms with Gasteiger partial charge in [-0.25, -0.2) is 0 Å². The SMILES string of the molecule is O=C(c1ccc(CC2CCC2)cc1)C1CCNCC1. The monoisotopic (exact) mass is 257 g/mol. The third-order valence-electron chi connectivity index (χ3n) is 4.70. The lowest BCUT2D eigenvalue weighted by Gasteiger charge is -2.25. The maximum Gasteiger partial charge on any atom is 0.166 e. The molecule has 2 aliphatic rings. The molecule has 1 N–H and O–H groups in total. The Hall–Kier alpha value is -1.15. The Labute approximate surface area is 115 Å². The topological polar surface area (TPSA) is 29.1 Å². The van der Waals surface area contributed by atoms with E-state index in [4.69, 9.17) is 0 Å². The molecule has 0 unspecified atom stereocenters. The van der Waals surface area contributed by atoms with E-state index in [0.717, 1.165) is 37.4 Å². The average Bonchev–Trinajstić information content (AvgIpc) is 2.44. The molecule has 1 saturated carbocycles. The number of carbonyl (C=O) groups excluding carboxylic acids is 1. The van der Waals surface area contributed by atoms with Crippen LogP contribution in [0.5, 0.6) is 0 Å². The van der Waals surface area contributed by atoms with Gasteiger partial charge >= 0.3 is 0 Å². The highest BCUT2D eigenvalue weighted by Gasteiger charge is 2.22. The van der Waals surface area contributed by atoms with Gasteiger partial charge in [0.2, 0.25) is 0 Å². The smallest absolute Gasteiger partial charge is 0.166 e. The van der Waals surface area contributed by atoms with Crippen molar-refractivity contribution in [1.82, 2.24) is 5.32 Å².